The lowest BCUT2D eigenvalue weighted by Gasteiger charge is -2.37. The molecule has 0 aliphatic carbocycles. The zero-order chi connectivity index (χ0) is 19.3. The molecule has 4 rings (SSSR count). The molecule has 0 radical (unpaired) electrons. The van der Waals surface area contributed by atoms with E-state index in [0.29, 0.717) is 11.3 Å². The molecule has 0 bridgehead atoms. The summed E-state index contributed by atoms with van der Waals surface area (Å²) in [6.07, 6.45) is 0. The van der Waals surface area contributed by atoms with Crippen molar-refractivity contribution >= 4 is 23.4 Å². The average Bonchev–Trinajstić information content (AvgIpc) is 2.77. The Bertz CT molecular complexity index is 1030. The molecule has 1 atom stereocenters. The third kappa shape index (κ3) is 3.73. The van der Waals surface area contributed by atoms with Crippen molar-refractivity contribution in [2.45, 2.75) is 10.9 Å². The van der Waals surface area contributed by atoms with Gasteiger partial charge in [0.05, 0.1) is 23.4 Å². The molecular weight excluding hydrogens is 368 g/mol. The van der Waals surface area contributed by atoms with Crippen LogP contribution in [0.15, 0.2) is 83.8 Å². The van der Waals surface area contributed by atoms with Crippen LogP contribution in [0.3, 0.4) is 0 Å². The third-order valence-corrected chi connectivity index (χ3v) is 5.75. The molecule has 28 heavy (non-hydrogen) atoms. The molecule has 0 unspecified atom stereocenters. The van der Waals surface area contributed by atoms with Gasteiger partial charge in [-0.25, -0.2) is 0 Å². The van der Waals surface area contributed by atoms with Gasteiger partial charge in [-0.15, -0.1) is 11.8 Å². The highest BCUT2D eigenvalue weighted by Gasteiger charge is 2.32. The number of benzene rings is 3. The predicted octanol–water partition coefficient (Wildman–Crippen LogP) is 4.82. The fraction of sp³-hybridized carbons (Fsp3) is 0.130. The minimum absolute atomic E-state index is 0.0531. The number of fused-ring (bicyclic) bond motifs is 1. The van der Waals surface area contributed by atoms with Crippen LogP contribution in [0.5, 0.6) is 5.75 Å². The number of carbonyl (C=O) groups is 1. The van der Waals surface area contributed by atoms with Gasteiger partial charge in [0.15, 0.2) is 6.61 Å². The highest BCUT2D eigenvalue weighted by molar-refractivity contribution is 7.99. The van der Waals surface area contributed by atoms with Crippen LogP contribution in [0, 0.1) is 11.3 Å². The summed E-state index contributed by atoms with van der Waals surface area (Å²) >= 11 is 1.76. The van der Waals surface area contributed by atoms with E-state index in [2.05, 4.69) is 18.2 Å². The van der Waals surface area contributed by atoms with Crippen LogP contribution in [0.1, 0.15) is 17.2 Å². The molecule has 0 saturated heterocycles. The van der Waals surface area contributed by atoms with Crippen molar-refractivity contribution in [3.05, 3.63) is 90.0 Å². The predicted molar refractivity (Wildman–Crippen MR) is 110 cm³/mol. The molecular formula is C23H18N2O2S. The summed E-state index contributed by atoms with van der Waals surface area (Å²) in [4.78, 5) is 16.1. The SMILES string of the molecule is N#Cc1cccc(OCC(=O)N2c3ccccc3SC[C@@H]2c2ccccc2)c1. The fourth-order valence-corrected chi connectivity index (χ4v) is 4.46. The monoisotopic (exact) mass is 386 g/mol. The first-order valence-corrected chi connectivity index (χ1v) is 9.96. The normalized spacial score (nSPS) is 15.4. The van der Waals surface area contributed by atoms with Gasteiger partial charge >= 0.3 is 0 Å². The van der Waals surface area contributed by atoms with Gasteiger partial charge in [-0.2, -0.15) is 5.26 Å². The molecule has 5 heteroatoms. The quantitative estimate of drug-likeness (QED) is 0.645. The summed E-state index contributed by atoms with van der Waals surface area (Å²) in [5, 5.41) is 9.03. The maximum atomic E-state index is 13.2. The Morgan fingerprint density at radius 2 is 1.86 bits per heavy atom. The first kappa shape index (κ1) is 18.1. The summed E-state index contributed by atoms with van der Waals surface area (Å²) in [5.41, 5.74) is 2.52. The Hall–Kier alpha value is -3.23. The highest BCUT2D eigenvalue weighted by atomic mass is 32.2. The Morgan fingerprint density at radius 1 is 1.07 bits per heavy atom. The van der Waals surface area contributed by atoms with E-state index < -0.39 is 0 Å². The molecule has 4 nitrogen and oxygen atoms in total. The Morgan fingerprint density at radius 3 is 2.68 bits per heavy atom. The molecule has 0 spiro atoms. The van der Waals surface area contributed by atoms with E-state index >= 15 is 0 Å². The van der Waals surface area contributed by atoms with Crippen molar-refractivity contribution in [3.8, 4) is 11.8 Å². The van der Waals surface area contributed by atoms with Gasteiger partial charge in [-0.05, 0) is 35.9 Å². The van der Waals surface area contributed by atoms with Crippen LogP contribution in [-0.4, -0.2) is 18.3 Å². The minimum Gasteiger partial charge on any atom is -0.484 e. The van der Waals surface area contributed by atoms with Gasteiger partial charge in [0.25, 0.3) is 5.91 Å². The van der Waals surface area contributed by atoms with Crippen LogP contribution >= 0.6 is 11.8 Å². The summed E-state index contributed by atoms with van der Waals surface area (Å²) < 4.78 is 5.71. The molecule has 138 valence electrons. The van der Waals surface area contributed by atoms with E-state index in [1.165, 1.54) is 0 Å². The smallest absolute Gasteiger partial charge is 0.265 e. The van der Waals surface area contributed by atoms with Gasteiger partial charge in [0, 0.05) is 10.6 Å². The van der Waals surface area contributed by atoms with Crippen molar-refractivity contribution in [2.24, 2.45) is 0 Å². The molecule has 0 fully saturated rings. The first-order valence-electron chi connectivity index (χ1n) is 8.98. The second-order valence-electron chi connectivity index (χ2n) is 6.40. The lowest BCUT2D eigenvalue weighted by atomic mass is 10.1. The molecule has 0 N–H and O–H groups in total. The Balaban J connectivity index is 1.61. The van der Waals surface area contributed by atoms with E-state index in [4.69, 9.17) is 10.00 Å². The van der Waals surface area contributed by atoms with Crippen molar-refractivity contribution in [3.63, 3.8) is 0 Å². The van der Waals surface area contributed by atoms with Gasteiger partial charge < -0.3 is 4.74 Å². The van der Waals surface area contributed by atoms with Crippen LogP contribution < -0.4 is 9.64 Å². The maximum Gasteiger partial charge on any atom is 0.265 e. The second-order valence-corrected chi connectivity index (χ2v) is 7.46. The number of anilines is 1. The molecule has 3 aromatic carbocycles. The molecule has 1 aliphatic rings. The van der Waals surface area contributed by atoms with Crippen molar-refractivity contribution in [2.75, 3.05) is 17.3 Å². The number of thioether (sulfide) groups is 1. The van der Waals surface area contributed by atoms with Crippen molar-refractivity contribution in [1.29, 1.82) is 5.26 Å². The molecule has 1 amide bonds. The van der Waals surface area contributed by atoms with E-state index in [-0.39, 0.29) is 18.6 Å². The molecule has 0 aromatic heterocycles. The lowest BCUT2D eigenvalue weighted by Crippen LogP contribution is -2.41. The zero-order valence-electron chi connectivity index (χ0n) is 15.1. The van der Waals surface area contributed by atoms with Crippen LogP contribution in [0.2, 0.25) is 0 Å². The number of rotatable bonds is 4. The number of hydrogen-bond donors (Lipinski definition) is 0. The lowest BCUT2D eigenvalue weighted by molar-refractivity contribution is -0.121. The molecule has 1 heterocycles. The van der Waals surface area contributed by atoms with Gasteiger partial charge in [0.2, 0.25) is 0 Å². The molecule has 3 aromatic rings. The van der Waals surface area contributed by atoms with E-state index in [1.807, 2.05) is 47.4 Å². The second kappa shape index (κ2) is 8.20. The number of amides is 1. The Labute approximate surface area is 168 Å². The summed E-state index contributed by atoms with van der Waals surface area (Å²) in [5.74, 6) is 1.20. The van der Waals surface area contributed by atoms with E-state index in [9.17, 15) is 4.79 Å². The van der Waals surface area contributed by atoms with Gasteiger partial charge in [-0.3, -0.25) is 9.69 Å². The average molecular weight is 386 g/mol. The van der Waals surface area contributed by atoms with Crippen molar-refractivity contribution in [1.82, 2.24) is 0 Å². The van der Waals surface area contributed by atoms with E-state index in [0.717, 1.165) is 21.9 Å². The van der Waals surface area contributed by atoms with Gasteiger partial charge in [0.1, 0.15) is 5.75 Å². The van der Waals surface area contributed by atoms with Crippen molar-refractivity contribution < 1.29 is 9.53 Å². The number of ether oxygens (including phenoxy) is 1. The summed E-state index contributed by atoms with van der Waals surface area (Å²) in [7, 11) is 0. The highest BCUT2D eigenvalue weighted by Crippen LogP contribution is 2.43. The van der Waals surface area contributed by atoms with E-state index in [1.54, 1.807) is 36.0 Å². The van der Waals surface area contributed by atoms with Gasteiger partial charge in [-0.1, -0.05) is 48.5 Å². The number of nitrogens with zero attached hydrogens (tertiary/aromatic N) is 2. The zero-order valence-corrected chi connectivity index (χ0v) is 15.9. The minimum atomic E-state index is -0.107. The standard InChI is InChI=1S/C23H18N2O2S/c24-14-17-7-6-10-19(13-17)27-15-23(26)25-20-11-4-5-12-22(20)28-16-21(25)18-8-2-1-3-9-18/h1-13,21H,15-16H2/t21-/m1/s1. The number of nitriles is 1. The van der Waals surface area contributed by atoms with Crippen LogP contribution in [0.4, 0.5) is 5.69 Å². The largest absolute Gasteiger partial charge is 0.484 e. The first-order chi connectivity index (χ1) is 13.8. The van der Waals surface area contributed by atoms with Crippen LogP contribution in [0.25, 0.3) is 0 Å². The molecule has 1 aliphatic heterocycles. The fourth-order valence-electron chi connectivity index (χ4n) is 3.29. The van der Waals surface area contributed by atoms with Crippen LogP contribution in [-0.2, 0) is 4.79 Å². The summed E-state index contributed by atoms with van der Waals surface area (Å²) in [6, 6.07) is 26.9. The topological polar surface area (TPSA) is 53.3 Å². The summed E-state index contributed by atoms with van der Waals surface area (Å²) in [6.45, 7) is -0.0861. The third-order valence-electron chi connectivity index (χ3n) is 4.61. The number of para-hydroxylation sites is 1. The number of hydrogen-bond acceptors (Lipinski definition) is 4. The molecule has 0 saturated carbocycles. The number of carbonyl (C=O) groups excluding carboxylic acids is 1. The Kier molecular flexibility index (Phi) is 5.31. The maximum absolute atomic E-state index is 13.2.